The number of rotatable bonds is 5. The van der Waals surface area contributed by atoms with Crippen molar-refractivity contribution in [2.45, 2.75) is 24.8 Å². The standard InChI is InChI=1S/C14H20FNO4S/c1-10-5-13(6-12(8-17)14(10)15)21(18,19)16-4-3-11(7-16)9-20-2/h5-6,11,17H,3-4,7-9H2,1-2H3. The zero-order chi connectivity index (χ0) is 15.6. The zero-order valence-corrected chi connectivity index (χ0v) is 13.0. The molecule has 1 heterocycles. The molecule has 0 spiro atoms. The van der Waals surface area contributed by atoms with Gasteiger partial charge in [0.05, 0.1) is 18.1 Å². The summed E-state index contributed by atoms with van der Waals surface area (Å²) in [7, 11) is -2.07. The summed E-state index contributed by atoms with van der Waals surface area (Å²) >= 11 is 0. The minimum Gasteiger partial charge on any atom is -0.392 e. The van der Waals surface area contributed by atoms with Gasteiger partial charge in [0.25, 0.3) is 0 Å². The van der Waals surface area contributed by atoms with Gasteiger partial charge in [-0.25, -0.2) is 12.8 Å². The lowest BCUT2D eigenvalue weighted by Gasteiger charge is -2.18. The molecule has 1 aromatic carbocycles. The lowest BCUT2D eigenvalue weighted by Crippen LogP contribution is -2.29. The number of hydrogen-bond donors (Lipinski definition) is 1. The summed E-state index contributed by atoms with van der Waals surface area (Å²) < 4.78 is 45.4. The molecule has 1 aliphatic rings. The first-order valence-electron chi connectivity index (χ1n) is 6.79. The first-order chi connectivity index (χ1) is 9.90. The van der Waals surface area contributed by atoms with Crippen LogP contribution >= 0.6 is 0 Å². The summed E-state index contributed by atoms with van der Waals surface area (Å²) in [6.07, 6.45) is 0.750. The summed E-state index contributed by atoms with van der Waals surface area (Å²) in [5, 5.41) is 9.15. The van der Waals surface area contributed by atoms with Crippen LogP contribution in [0.15, 0.2) is 17.0 Å². The SMILES string of the molecule is COCC1CCN(S(=O)(=O)c2cc(C)c(F)c(CO)c2)C1. The lowest BCUT2D eigenvalue weighted by atomic mass is 10.1. The van der Waals surface area contributed by atoms with Crippen molar-refractivity contribution in [2.75, 3.05) is 26.8 Å². The van der Waals surface area contributed by atoms with Gasteiger partial charge in [0, 0.05) is 25.8 Å². The van der Waals surface area contributed by atoms with Crippen LogP contribution < -0.4 is 0 Å². The van der Waals surface area contributed by atoms with Gasteiger partial charge in [0.1, 0.15) is 5.82 Å². The highest BCUT2D eigenvalue weighted by Crippen LogP contribution is 2.27. The number of aliphatic hydroxyl groups excluding tert-OH is 1. The van der Waals surface area contributed by atoms with Crippen LogP contribution in [0.25, 0.3) is 0 Å². The van der Waals surface area contributed by atoms with Gasteiger partial charge in [-0.15, -0.1) is 0 Å². The number of aryl methyl sites for hydroxylation is 1. The fraction of sp³-hybridized carbons (Fsp3) is 0.571. The molecule has 0 amide bonds. The van der Waals surface area contributed by atoms with Crippen LogP contribution in [-0.4, -0.2) is 44.6 Å². The predicted octanol–water partition coefficient (Wildman–Crippen LogP) is 1.28. The van der Waals surface area contributed by atoms with Crippen LogP contribution in [0, 0.1) is 18.7 Å². The molecule has 1 aliphatic heterocycles. The van der Waals surface area contributed by atoms with Crippen molar-refractivity contribution in [3.63, 3.8) is 0 Å². The fourth-order valence-electron chi connectivity index (χ4n) is 2.61. The van der Waals surface area contributed by atoms with Gasteiger partial charge >= 0.3 is 0 Å². The molecule has 0 radical (unpaired) electrons. The first-order valence-corrected chi connectivity index (χ1v) is 8.23. The van der Waals surface area contributed by atoms with Gasteiger partial charge in [-0.1, -0.05) is 0 Å². The van der Waals surface area contributed by atoms with E-state index in [-0.39, 0.29) is 21.9 Å². The second kappa shape index (κ2) is 6.39. The Kier molecular flexibility index (Phi) is 4.98. The Morgan fingerprint density at radius 2 is 2.19 bits per heavy atom. The van der Waals surface area contributed by atoms with Gasteiger partial charge in [0.2, 0.25) is 10.0 Å². The molecule has 118 valence electrons. The Hall–Kier alpha value is -1.02. The Labute approximate surface area is 124 Å². The number of ether oxygens (including phenoxy) is 1. The first kappa shape index (κ1) is 16.4. The minimum atomic E-state index is -3.66. The van der Waals surface area contributed by atoms with E-state index in [0.717, 1.165) is 6.42 Å². The van der Waals surface area contributed by atoms with Crippen molar-refractivity contribution < 1.29 is 22.7 Å². The summed E-state index contributed by atoms with van der Waals surface area (Å²) in [6.45, 7) is 2.33. The number of aliphatic hydroxyl groups is 1. The van der Waals surface area contributed by atoms with E-state index in [9.17, 15) is 12.8 Å². The topological polar surface area (TPSA) is 66.8 Å². The third kappa shape index (κ3) is 3.26. The fourth-order valence-corrected chi connectivity index (χ4v) is 4.27. The van der Waals surface area contributed by atoms with Crippen molar-refractivity contribution in [3.8, 4) is 0 Å². The molecule has 21 heavy (non-hydrogen) atoms. The Morgan fingerprint density at radius 1 is 1.48 bits per heavy atom. The van der Waals surface area contributed by atoms with Crippen LogP contribution in [0.3, 0.4) is 0 Å². The van der Waals surface area contributed by atoms with E-state index in [4.69, 9.17) is 9.84 Å². The highest BCUT2D eigenvalue weighted by molar-refractivity contribution is 7.89. The van der Waals surface area contributed by atoms with Crippen molar-refractivity contribution in [1.29, 1.82) is 0 Å². The van der Waals surface area contributed by atoms with Crippen LogP contribution in [0.2, 0.25) is 0 Å². The second-order valence-corrected chi connectivity index (χ2v) is 7.28. The third-order valence-electron chi connectivity index (χ3n) is 3.76. The Bertz CT molecular complexity index is 618. The normalized spacial score (nSPS) is 20.1. The number of nitrogens with zero attached hydrogens (tertiary/aromatic N) is 1. The quantitative estimate of drug-likeness (QED) is 0.888. The highest BCUT2D eigenvalue weighted by Gasteiger charge is 2.33. The predicted molar refractivity (Wildman–Crippen MR) is 75.8 cm³/mol. The number of methoxy groups -OCH3 is 1. The zero-order valence-electron chi connectivity index (χ0n) is 12.2. The molecule has 0 aromatic heterocycles. The maximum atomic E-state index is 13.7. The average molecular weight is 317 g/mol. The summed E-state index contributed by atoms with van der Waals surface area (Å²) in [5.74, 6) is -0.376. The molecular weight excluding hydrogens is 297 g/mol. The van der Waals surface area contributed by atoms with Gasteiger partial charge in [-0.3, -0.25) is 0 Å². The van der Waals surface area contributed by atoms with Crippen molar-refractivity contribution in [3.05, 3.63) is 29.1 Å². The molecule has 0 bridgehead atoms. The van der Waals surface area contributed by atoms with Gasteiger partial charge in [0.15, 0.2) is 0 Å². The van der Waals surface area contributed by atoms with Crippen LogP contribution in [0.1, 0.15) is 17.5 Å². The Morgan fingerprint density at radius 3 is 2.81 bits per heavy atom. The molecule has 1 aromatic rings. The molecule has 1 fully saturated rings. The van der Waals surface area contributed by atoms with E-state index in [1.165, 1.54) is 23.4 Å². The maximum Gasteiger partial charge on any atom is 0.243 e. The van der Waals surface area contributed by atoms with Gasteiger partial charge < -0.3 is 9.84 Å². The molecule has 1 saturated heterocycles. The summed E-state index contributed by atoms with van der Waals surface area (Å²) in [6, 6.07) is 2.52. The molecule has 2 rings (SSSR count). The number of hydrogen-bond acceptors (Lipinski definition) is 4. The molecule has 1 atom stereocenters. The van der Waals surface area contributed by atoms with E-state index in [1.807, 2.05) is 0 Å². The van der Waals surface area contributed by atoms with E-state index in [0.29, 0.717) is 19.7 Å². The third-order valence-corrected chi connectivity index (χ3v) is 5.61. The van der Waals surface area contributed by atoms with Crippen LogP contribution in [-0.2, 0) is 21.4 Å². The lowest BCUT2D eigenvalue weighted by molar-refractivity contribution is 0.157. The van der Waals surface area contributed by atoms with Gasteiger partial charge in [-0.2, -0.15) is 4.31 Å². The van der Waals surface area contributed by atoms with E-state index >= 15 is 0 Å². The smallest absolute Gasteiger partial charge is 0.243 e. The molecule has 5 nitrogen and oxygen atoms in total. The van der Waals surface area contributed by atoms with Crippen molar-refractivity contribution >= 4 is 10.0 Å². The summed E-state index contributed by atoms with van der Waals surface area (Å²) in [4.78, 5) is 0.0310. The second-order valence-electron chi connectivity index (χ2n) is 5.34. The minimum absolute atomic E-state index is 0.00112. The van der Waals surface area contributed by atoms with Crippen molar-refractivity contribution in [2.24, 2.45) is 5.92 Å². The molecule has 7 heteroatoms. The number of benzene rings is 1. The van der Waals surface area contributed by atoms with Crippen molar-refractivity contribution in [1.82, 2.24) is 4.31 Å². The molecular formula is C14H20FNO4S. The molecule has 1 unspecified atom stereocenters. The highest BCUT2D eigenvalue weighted by atomic mass is 32.2. The van der Waals surface area contributed by atoms with E-state index in [1.54, 1.807) is 7.11 Å². The van der Waals surface area contributed by atoms with Gasteiger partial charge in [-0.05, 0) is 37.0 Å². The largest absolute Gasteiger partial charge is 0.392 e. The summed E-state index contributed by atoms with van der Waals surface area (Å²) in [5.41, 5.74) is 0.217. The number of halogens is 1. The monoisotopic (exact) mass is 317 g/mol. The average Bonchev–Trinajstić information content (AvgIpc) is 2.91. The van der Waals surface area contributed by atoms with Crippen LogP contribution in [0.4, 0.5) is 4.39 Å². The maximum absolute atomic E-state index is 13.7. The number of sulfonamides is 1. The molecule has 0 aliphatic carbocycles. The van der Waals surface area contributed by atoms with E-state index < -0.39 is 22.4 Å². The van der Waals surface area contributed by atoms with E-state index in [2.05, 4.69) is 0 Å². The van der Waals surface area contributed by atoms with Crippen LogP contribution in [0.5, 0.6) is 0 Å². The Balaban J connectivity index is 2.30. The molecule has 1 N–H and O–H groups in total. The molecule has 0 saturated carbocycles.